The summed E-state index contributed by atoms with van der Waals surface area (Å²) in [6.07, 6.45) is 5.62. The first-order valence-electron chi connectivity index (χ1n) is 7.29. The van der Waals surface area contributed by atoms with Gasteiger partial charge in [0.15, 0.2) is 0 Å². The van der Waals surface area contributed by atoms with Crippen LogP contribution in [0.3, 0.4) is 0 Å². The number of hydrogen-bond donors (Lipinski definition) is 2. The second kappa shape index (κ2) is 6.19. The molecule has 1 heterocycles. The van der Waals surface area contributed by atoms with Crippen molar-refractivity contribution < 1.29 is 9.90 Å². The zero-order chi connectivity index (χ0) is 14.8. The van der Waals surface area contributed by atoms with E-state index in [1.807, 2.05) is 11.5 Å². The maximum atomic E-state index is 12.5. The molecule has 1 aromatic heterocycles. The Hall–Kier alpha value is -1.00. The van der Waals surface area contributed by atoms with Crippen LogP contribution in [0.1, 0.15) is 50.0 Å². The number of carbonyl (C=O) groups is 1. The lowest BCUT2D eigenvalue weighted by Crippen LogP contribution is -2.54. The molecule has 0 spiro atoms. The average molecular weight is 299 g/mol. The smallest absolute Gasteiger partial charge is 0.268 e. The molecule has 0 saturated heterocycles. The molecular weight excluding hydrogens is 276 g/mol. The van der Waals surface area contributed by atoms with Crippen molar-refractivity contribution in [3.8, 4) is 0 Å². The predicted octanol–water partition coefficient (Wildman–Crippen LogP) is 2.83. The number of aromatic nitrogens is 1. The summed E-state index contributed by atoms with van der Waals surface area (Å²) in [4.78, 5) is 12.5. The molecular formula is C15H23ClN2O2. The second-order valence-corrected chi connectivity index (χ2v) is 6.36. The fourth-order valence-electron chi connectivity index (χ4n) is 3.19. The Labute approximate surface area is 125 Å². The first kappa shape index (κ1) is 15.4. The van der Waals surface area contributed by atoms with Gasteiger partial charge in [0.1, 0.15) is 5.69 Å². The Balaban J connectivity index is 2.16. The number of hydrogen-bond acceptors (Lipinski definition) is 2. The van der Waals surface area contributed by atoms with Crippen LogP contribution in [0.15, 0.2) is 12.3 Å². The van der Waals surface area contributed by atoms with Gasteiger partial charge in [-0.25, -0.2) is 0 Å². The number of rotatable bonds is 4. The number of nitrogens with zero attached hydrogens (tertiary/aromatic N) is 1. The number of nitrogens with one attached hydrogen (secondary N) is 1. The summed E-state index contributed by atoms with van der Waals surface area (Å²) in [5.41, 5.74) is 0.0768. The minimum Gasteiger partial charge on any atom is -0.394 e. The molecule has 20 heavy (non-hydrogen) atoms. The largest absolute Gasteiger partial charge is 0.394 e. The van der Waals surface area contributed by atoms with Gasteiger partial charge in [0.05, 0.1) is 17.2 Å². The van der Waals surface area contributed by atoms with E-state index in [2.05, 4.69) is 12.2 Å². The van der Waals surface area contributed by atoms with Gasteiger partial charge in [-0.05, 0) is 31.7 Å². The molecule has 1 aliphatic rings. The molecule has 4 nitrogen and oxygen atoms in total. The Bertz CT molecular complexity index is 486. The molecule has 112 valence electrons. The van der Waals surface area contributed by atoms with Gasteiger partial charge in [-0.2, -0.15) is 0 Å². The van der Waals surface area contributed by atoms with E-state index >= 15 is 0 Å². The molecule has 2 N–H and O–H groups in total. The van der Waals surface area contributed by atoms with Gasteiger partial charge in [-0.15, -0.1) is 0 Å². The number of aliphatic hydroxyl groups is 1. The molecule has 0 radical (unpaired) electrons. The highest BCUT2D eigenvalue weighted by atomic mass is 35.5. The third-order valence-electron chi connectivity index (χ3n) is 4.21. The van der Waals surface area contributed by atoms with Gasteiger partial charge >= 0.3 is 0 Å². The summed E-state index contributed by atoms with van der Waals surface area (Å²) < 4.78 is 1.83. The highest BCUT2D eigenvalue weighted by molar-refractivity contribution is 6.31. The standard InChI is InChI=1S/C15H23ClN2O2/c1-3-18-9-12(16)7-13(18)14(20)17-15(10-19)6-4-5-11(2)8-15/h7,9,11,19H,3-6,8,10H2,1-2H3,(H,17,20). The van der Waals surface area contributed by atoms with E-state index in [-0.39, 0.29) is 12.5 Å². The van der Waals surface area contributed by atoms with Crippen LogP contribution in [-0.2, 0) is 6.54 Å². The van der Waals surface area contributed by atoms with E-state index in [0.29, 0.717) is 23.2 Å². The van der Waals surface area contributed by atoms with E-state index < -0.39 is 5.54 Å². The number of aliphatic hydroxyl groups excluding tert-OH is 1. The fraction of sp³-hybridized carbons (Fsp3) is 0.667. The van der Waals surface area contributed by atoms with Gasteiger partial charge in [-0.1, -0.05) is 31.4 Å². The first-order chi connectivity index (χ1) is 9.49. The summed E-state index contributed by atoms with van der Waals surface area (Å²) >= 11 is 5.97. The lowest BCUT2D eigenvalue weighted by Gasteiger charge is -2.39. The van der Waals surface area contributed by atoms with Crippen LogP contribution in [0.25, 0.3) is 0 Å². The van der Waals surface area contributed by atoms with E-state index in [4.69, 9.17) is 11.6 Å². The molecule has 1 fully saturated rings. The summed E-state index contributed by atoms with van der Waals surface area (Å²) in [6.45, 7) is 4.82. The molecule has 2 rings (SSSR count). The van der Waals surface area contributed by atoms with Gasteiger partial charge in [0.2, 0.25) is 0 Å². The first-order valence-corrected chi connectivity index (χ1v) is 7.66. The summed E-state index contributed by atoms with van der Waals surface area (Å²) in [5, 5.41) is 13.3. The van der Waals surface area contributed by atoms with Crippen LogP contribution >= 0.6 is 11.6 Å². The van der Waals surface area contributed by atoms with Crippen LogP contribution < -0.4 is 5.32 Å². The molecule has 2 atom stereocenters. The molecule has 1 amide bonds. The summed E-state index contributed by atoms with van der Waals surface area (Å²) in [7, 11) is 0. The van der Waals surface area contributed by atoms with Crippen molar-refractivity contribution >= 4 is 17.5 Å². The van der Waals surface area contributed by atoms with Crippen LogP contribution in [0.5, 0.6) is 0 Å². The third-order valence-corrected chi connectivity index (χ3v) is 4.42. The van der Waals surface area contributed by atoms with Crippen molar-refractivity contribution in [3.63, 3.8) is 0 Å². The van der Waals surface area contributed by atoms with Gasteiger partial charge in [0.25, 0.3) is 5.91 Å². The average Bonchev–Trinajstić information content (AvgIpc) is 2.80. The molecule has 2 unspecified atom stereocenters. The van der Waals surface area contributed by atoms with Gasteiger partial charge < -0.3 is 15.0 Å². The lowest BCUT2D eigenvalue weighted by atomic mass is 9.77. The van der Waals surface area contributed by atoms with Crippen LogP contribution in [0.4, 0.5) is 0 Å². The monoisotopic (exact) mass is 298 g/mol. The third kappa shape index (κ3) is 3.18. The van der Waals surface area contributed by atoms with E-state index in [1.165, 1.54) is 0 Å². The van der Waals surface area contributed by atoms with Crippen molar-refractivity contribution in [1.82, 2.24) is 9.88 Å². The molecule has 5 heteroatoms. The van der Waals surface area contributed by atoms with Crippen molar-refractivity contribution in [1.29, 1.82) is 0 Å². The second-order valence-electron chi connectivity index (χ2n) is 5.92. The molecule has 1 aliphatic carbocycles. The molecule has 0 bridgehead atoms. The zero-order valence-electron chi connectivity index (χ0n) is 12.2. The van der Waals surface area contributed by atoms with Crippen LogP contribution in [0, 0.1) is 5.92 Å². The normalized spacial score (nSPS) is 26.5. The number of amides is 1. The van der Waals surface area contributed by atoms with Crippen molar-refractivity contribution in [2.24, 2.45) is 5.92 Å². The quantitative estimate of drug-likeness (QED) is 0.898. The van der Waals surface area contributed by atoms with E-state index in [9.17, 15) is 9.90 Å². The summed E-state index contributed by atoms with van der Waals surface area (Å²) in [5.74, 6) is 0.375. The highest BCUT2D eigenvalue weighted by Crippen LogP contribution is 2.32. The minimum absolute atomic E-state index is 0.0103. The Morgan fingerprint density at radius 3 is 3.00 bits per heavy atom. The number of halogens is 1. The van der Waals surface area contributed by atoms with Gasteiger partial charge in [-0.3, -0.25) is 4.79 Å². The van der Waals surface area contributed by atoms with E-state index in [0.717, 1.165) is 25.7 Å². The SMILES string of the molecule is CCn1cc(Cl)cc1C(=O)NC1(CO)CCCC(C)C1. The maximum Gasteiger partial charge on any atom is 0.268 e. The van der Waals surface area contributed by atoms with Crippen LogP contribution in [-0.4, -0.2) is 27.7 Å². The molecule has 0 aliphatic heterocycles. The number of carbonyl (C=O) groups excluding carboxylic acids is 1. The fourth-order valence-corrected chi connectivity index (χ4v) is 3.41. The molecule has 1 saturated carbocycles. The Morgan fingerprint density at radius 2 is 2.40 bits per heavy atom. The number of aryl methyl sites for hydroxylation is 1. The van der Waals surface area contributed by atoms with Crippen molar-refractivity contribution in [2.45, 2.75) is 51.6 Å². The zero-order valence-corrected chi connectivity index (χ0v) is 12.9. The van der Waals surface area contributed by atoms with Crippen molar-refractivity contribution in [3.05, 3.63) is 23.0 Å². The van der Waals surface area contributed by atoms with Gasteiger partial charge in [0, 0.05) is 12.7 Å². The maximum absolute atomic E-state index is 12.5. The lowest BCUT2D eigenvalue weighted by molar-refractivity contribution is 0.0689. The highest BCUT2D eigenvalue weighted by Gasteiger charge is 2.36. The molecule has 0 aromatic carbocycles. The van der Waals surface area contributed by atoms with Crippen molar-refractivity contribution in [2.75, 3.05) is 6.61 Å². The topological polar surface area (TPSA) is 54.3 Å². The van der Waals surface area contributed by atoms with E-state index in [1.54, 1.807) is 12.3 Å². The minimum atomic E-state index is -0.482. The predicted molar refractivity (Wildman–Crippen MR) is 80.0 cm³/mol. The Kier molecular flexibility index (Phi) is 4.76. The summed E-state index contributed by atoms with van der Waals surface area (Å²) in [6, 6.07) is 1.68. The molecule has 1 aromatic rings. The Morgan fingerprint density at radius 1 is 1.65 bits per heavy atom. The van der Waals surface area contributed by atoms with Crippen LogP contribution in [0.2, 0.25) is 5.02 Å².